The standard InChI is InChI=1S/C18H21N7/c1-6-21-25(9-1)18-13-20-12-17(23-18)22-16-4-10-24(11-5-16)14-15-2-7-19-8-3-15/h1-3,6-9,12-13,16H,4-5,10-11,14H2,(H,22,23). The summed E-state index contributed by atoms with van der Waals surface area (Å²) in [5, 5.41) is 7.72. The van der Waals surface area contributed by atoms with Crippen LogP contribution >= 0.6 is 0 Å². The number of hydrogen-bond donors (Lipinski definition) is 1. The third kappa shape index (κ3) is 4.00. The number of nitrogens with zero attached hydrogens (tertiary/aromatic N) is 6. The smallest absolute Gasteiger partial charge is 0.173 e. The predicted molar refractivity (Wildman–Crippen MR) is 95.3 cm³/mol. The normalized spacial score (nSPS) is 16.0. The Balaban J connectivity index is 1.32. The summed E-state index contributed by atoms with van der Waals surface area (Å²) in [5.74, 6) is 1.53. The molecule has 4 heterocycles. The topological polar surface area (TPSA) is 71.8 Å². The summed E-state index contributed by atoms with van der Waals surface area (Å²) in [4.78, 5) is 15.4. The van der Waals surface area contributed by atoms with Crippen LogP contribution in [0, 0.1) is 0 Å². The molecular weight excluding hydrogens is 314 g/mol. The van der Waals surface area contributed by atoms with Crippen molar-refractivity contribution < 1.29 is 0 Å². The zero-order chi connectivity index (χ0) is 16.9. The van der Waals surface area contributed by atoms with Crippen molar-refractivity contribution in [2.75, 3.05) is 18.4 Å². The highest BCUT2D eigenvalue weighted by molar-refractivity contribution is 5.36. The number of hydrogen-bond acceptors (Lipinski definition) is 6. The SMILES string of the molecule is c1cnn(-c2cncc(NC3CCN(Cc4ccncc4)CC3)n2)c1. The van der Waals surface area contributed by atoms with E-state index in [9.17, 15) is 0 Å². The lowest BCUT2D eigenvalue weighted by Gasteiger charge is -2.32. The Morgan fingerprint density at radius 2 is 1.88 bits per heavy atom. The molecule has 1 fully saturated rings. The van der Waals surface area contributed by atoms with E-state index in [1.54, 1.807) is 23.3 Å². The van der Waals surface area contributed by atoms with Crippen molar-refractivity contribution in [2.24, 2.45) is 0 Å². The lowest BCUT2D eigenvalue weighted by Crippen LogP contribution is -2.38. The molecule has 1 N–H and O–H groups in total. The molecule has 0 saturated carbocycles. The van der Waals surface area contributed by atoms with Gasteiger partial charge in [0.05, 0.1) is 12.4 Å². The maximum absolute atomic E-state index is 4.60. The minimum absolute atomic E-state index is 0.427. The van der Waals surface area contributed by atoms with Gasteiger partial charge in [-0.2, -0.15) is 5.10 Å². The van der Waals surface area contributed by atoms with E-state index in [0.717, 1.165) is 44.1 Å². The summed E-state index contributed by atoms with van der Waals surface area (Å²) >= 11 is 0. The van der Waals surface area contributed by atoms with Gasteiger partial charge in [0.25, 0.3) is 0 Å². The van der Waals surface area contributed by atoms with E-state index in [1.165, 1.54) is 5.56 Å². The zero-order valence-electron chi connectivity index (χ0n) is 14.0. The van der Waals surface area contributed by atoms with Crippen LogP contribution < -0.4 is 5.32 Å². The Bertz CT molecular complexity index is 780. The third-order valence-electron chi connectivity index (χ3n) is 4.46. The second-order valence-electron chi connectivity index (χ2n) is 6.26. The maximum atomic E-state index is 4.60. The Morgan fingerprint density at radius 3 is 2.64 bits per heavy atom. The van der Waals surface area contributed by atoms with Gasteiger partial charge in [0.1, 0.15) is 5.82 Å². The van der Waals surface area contributed by atoms with Gasteiger partial charge in [-0.3, -0.25) is 14.9 Å². The number of likely N-dealkylation sites (tertiary alicyclic amines) is 1. The van der Waals surface area contributed by atoms with Crippen LogP contribution in [0.2, 0.25) is 0 Å². The monoisotopic (exact) mass is 335 g/mol. The van der Waals surface area contributed by atoms with Crippen LogP contribution in [0.3, 0.4) is 0 Å². The molecule has 1 saturated heterocycles. The Morgan fingerprint density at radius 1 is 1.04 bits per heavy atom. The second kappa shape index (κ2) is 7.40. The van der Waals surface area contributed by atoms with E-state index in [0.29, 0.717) is 6.04 Å². The molecule has 0 aromatic carbocycles. The molecule has 0 atom stereocenters. The third-order valence-corrected chi connectivity index (χ3v) is 4.46. The molecule has 25 heavy (non-hydrogen) atoms. The summed E-state index contributed by atoms with van der Waals surface area (Å²) in [5.41, 5.74) is 1.32. The number of nitrogens with one attached hydrogen (secondary N) is 1. The van der Waals surface area contributed by atoms with Crippen LogP contribution in [0.1, 0.15) is 18.4 Å². The quantitative estimate of drug-likeness (QED) is 0.770. The zero-order valence-corrected chi connectivity index (χ0v) is 14.0. The van der Waals surface area contributed by atoms with E-state index >= 15 is 0 Å². The predicted octanol–water partition coefficient (Wildman–Crippen LogP) is 2.13. The first-order chi connectivity index (χ1) is 12.4. The summed E-state index contributed by atoms with van der Waals surface area (Å²) in [6.07, 6.45) is 13.0. The molecule has 0 bridgehead atoms. The van der Waals surface area contributed by atoms with Crippen LogP contribution in [-0.4, -0.2) is 48.8 Å². The number of piperidine rings is 1. The largest absolute Gasteiger partial charge is 0.366 e. The molecule has 128 valence electrons. The van der Waals surface area contributed by atoms with Crippen molar-refractivity contribution in [3.8, 4) is 5.82 Å². The van der Waals surface area contributed by atoms with Crippen molar-refractivity contribution >= 4 is 5.82 Å². The van der Waals surface area contributed by atoms with Gasteiger partial charge in [0.2, 0.25) is 0 Å². The van der Waals surface area contributed by atoms with Gasteiger partial charge >= 0.3 is 0 Å². The number of anilines is 1. The molecule has 4 rings (SSSR count). The van der Waals surface area contributed by atoms with Crippen molar-refractivity contribution in [1.29, 1.82) is 0 Å². The van der Waals surface area contributed by atoms with Gasteiger partial charge in [-0.1, -0.05) is 0 Å². The molecule has 0 radical (unpaired) electrons. The number of pyridine rings is 1. The fraction of sp³-hybridized carbons (Fsp3) is 0.333. The van der Waals surface area contributed by atoms with Gasteiger partial charge in [-0.25, -0.2) is 9.67 Å². The van der Waals surface area contributed by atoms with E-state index in [2.05, 4.69) is 42.4 Å². The molecule has 7 nitrogen and oxygen atoms in total. The molecule has 0 unspecified atom stereocenters. The van der Waals surface area contributed by atoms with E-state index in [1.807, 2.05) is 24.7 Å². The summed E-state index contributed by atoms with van der Waals surface area (Å²) in [7, 11) is 0. The molecule has 7 heteroatoms. The highest BCUT2D eigenvalue weighted by Gasteiger charge is 2.19. The van der Waals surface area contributed by atoms with Crippen LogP contribution in [0.4, 0.5) is 5.82 Å². The van der Waals surface area contributed by atoms with E-state index in [4.69, 9.17) is 0 Å². The highest BCUT2D eigenvalue weighted by atomic mass is 15.3. The molecule has 3 aromatic rings. The first-order valence-electron chi connectivity index (χ1n) is 8.57. The fourth-order valence-corrected chi connectivity index (χ4v) is 3.13. The first-order valence-corrected chi connectivity index (χ1v) is 8.57. The van der Waals surface area contributed by atoms with Gasteiger partial charge < -0.3 is 5.32 Å². The lowest BCUT2D eigenvalue weighted by atomic mass is 10.0. The van der Waals surface area contributed by atoms with Crippen molar-refractivity contribution in [3.05, 3.63) is 60.9 Å². The molecule has 1 aliphatic rings. The van der Waals surface area contributed by atoms with Crippen molar-refractivity contribution in [2.45, 2.75) is 25.4 Å². The Labute approximate surface area is 146 Å². The van der Waals surface area contributed by atoms with Crippen molar-refractivity contribution in [1.82, 2.24) is 29.6 Å². The van der Waals surface area contributed by atoms with E-state index in [-0.39, 0.29) is 0 Å². The van der Waals surface area contributed by atoms with E-state index < -0.39 is 0 Å². The number of rotatable bonds is 5. The van der Waals surface area contributed by atoms with Gasteiger partial charge in [0, 0.05) is 50.5 Å². The van der Waals surface area contributed by atoms with Crippen LogP contribution in [-0.2, 0) is 6.54 Å². The van der Waals surface area contributed by atoms with Gasteiger partial charge in [-0.15, -0.1) is 0 Å². The molecule has 0 aliphatic carbocycles. The van der Waals surface area contributed by atoms with Crippen LogP contribution in [0.5, 0.6) is 0 Å². The average molecular weight is 335 g/mol. The fourth-order valence-electron chi connectivity index (χ4n) is 3.13. The summed E-state index contributed by atoms with van der Waals surface area (Å²) in [6, 6.07) is 6.47. The summed E-state index contributed by atoms with van der Waals surface area (Å²) in [6.45, 7) is 3.14. The lowest BCUT2D eigenvalue weighted by molar-refractivity contribution is 0.211. The Hall–Kier alpha value is -2.80. The molecule has 0 amide bonds. The first kappa shape index (κ1) is 15.7. The average Bonchev–Trinajstić information content (AvgIpc) is 3.19. The van der Waals surface area contributed by atoms with Crippen LogP contribution in [0.15, 0.2) is 55.4 Å². The molecule has 0 spiro atoms. The van der Waals surface area contributed by atoms with Crippen LogP contribution in [0.25, 0.3) is 5.82 Å². The Kier molecular flexibility index (Phi) is 4.65. The summed E-state index contributed by atoms with van der Waals surface area (Å²) < 4.78 is 1.72. The highest BCUT2D eigenvalue weighted by Crippen LogP contribution is 2.17. The maximum Gasteiger partial charge on any atom is 0.173 e. The minimum Gasteiger partial charge on any atom is -0.366 e. The second-order valence-corrected chi connectivity index (χ2v) is 6.26. The molecular formula is C18H21N7. The van der Waals surface area contributed by atoms with Gasteiger partial charge in [-0.05, 0) is 36.6 Å². The van der Waals surface area contributed by atoms with Crippen molar-refractivity contribution in [3.63, 3.8) is 0 Å². The van der Waals surface area contributed by atoms with Gasteiger partial charge in [0.15, 0.2) is 5.82 Å². The minimum atomic E-state index is 0.427. The number of aromatic nitrogens is 5. The molecule has 3 aromatic heterocycles. The molecule has 1 aliphatic heterocycles.